The SMILES string of the molecule is CC(C)(C)C(C#N)NS(=O)(=O)c1cccc(Cl)c1. The summed E-state index contributed by atoms with van der Waals surface area (Å²) in [7, 11) is -3.73. The van der Waals surface area contributed by atoms with Crippen LogP contribution in [0.2, 0.25) is 5.02 Å². The zero-order chi connectivity index (χ0) is 14.0. The molecule has 0 radical (unpaired) electrons. The van der Waals surface area contributed by atoms with Crippen LogP contribution in [0.3, 0.4) is 0 Å². The van der Waals surface area contributed by atoms with Crippen LogP contribution in [0.1, 0.15) is 20.8 Å². The highest BCUT2D eigenvalue weighted by Gasteiger charge is 2.29. The van der Waals surface area contributed by atoms with Crippen LogP contribution < -0.4 is 4.72 Å². The van der Waals surface area contributed by atoms with E-state index in [9.17, 15) is 8.42 Å². The molecule has 1 aromatic carbocycles. The Hall–Kier alpha value is -1.09. The Morgan fingerprint density at radius 2 is 2.00 bits per heavy atom. The minimum atomic E-state index is -3.73. The average molecular weight is 287 g/mol. The first kappa shape index (κ1) is 15.0. The van der Waals surface area contributed by atoms with E-state index in [1.54, 1.807) is 32.9 Å². The molecule has 0 fully saturated rings. The minimum Gasteiger partial charge on any atom is -0.207 e. The van der Waals surface area contributed by atoms with Crippen molar-refractivity contribution in [2.75, 3.05) is 0 Å². The van der Waals surface area contributed by atoms with E-state index >= 15 is 0 Å². The lowest BCUT2D eigenvalue weighted by atomic mass is 9.88. The van der Waals surface area contributed by atoms with E-state index < -0.39 is 21.5 Å². The molecule has 4 nitrogen and oxygen atoms in total. The molecule has 18 heavy (non-hydrogen) atoms. The van der Waals surface area contributed by atoms with Gasteiger partial charge in [-0.05, 0) is 23.6 Å². The summed E-state index contributed by atoms with van der Waals surface area (Å²) in [5.74, 6) is 0. The fourth-order valence-corrected chi connectivity index (χ4v) is 2.90. The average Bonchev–Trinajstić information content (AvgIpc) is 2.24. The number of rotatable bonds is 3. The number of sulfonamides is 1. The van der Waals surface area contributed by atoms with E-state index in [4.69, 9.17) is 16.9 Å². The maximum absolute atomic E-state index is 12.1. The van der Waals surface area contributed by atoms with E-state index in [2.05, 4.69) is 4.72 Å². The highest BCUT2D eigenvalue weighted by Crippen LogP contribution is 2.22. The highest BCUT2D eigenvalue weighted by atomic mass is 35.5. The first-order chi connectivity index (χ1) is 8.16. The van der Waals surface area contributed by atoms with Gasteiger partial charge in [-0.15, -0.1) is 0 Å². The van der Waals surface area contributed by atoms with E-state index in [1.807, 2.05) is 6.07 Å². The third kappa shape index (κ3) is 3.70. The van der Waals surface area contributed by atoms with Crippen molar-refractivity contribution in [1.29, 1.82) is 5.26 Å². The molecule has 1 aromatic rings. The monoisotopic (exact) mass is 286 g/mol. The summed E-state index contributed by atoms with van der Waals surface area (Å²) in [6, 6.07) is 7.08. The van der Waals surface area contributed by atoms with Gasteiger partial charge < -0.3 is 0 Å². The molecule has 0 heterocycles. The third-order valence-electron chi connectivity index (χ3n) is 2.37. The fraction of sp³-hybridized carbons (Fsp3) is 0.417. The standard InChI is InChI=1S/C12H15ClN2O2S/c1-12(2,3)11(8-14)15-18(16,17)10-6-4-5-9(13)7-10/h4-7,11,15H,1-3H3. The van der Waals surface area contributed by atoms with Gasteiger partial charge in [0.25, 0.3) is 0 Å². The maximum atomic E-state index is 12.1. The molecule has 0 amide bonds. The molecule has 1 N–H and O–H groups in total. The second kappa shape index (κ2) is 5.27. The van der Waals surface area contributed by atoms with Crippen molar-refractivity contribution in [2.24, 2.45) is 5.41 Å². The van der Waals surface area contributed by atoms with Crippen molar-refractivity contribution < 1.29 is 8.42 Å². The predicted molar refractivity (Wildman–Crippen MR) is 70.6 cm³/mol. The van der Waals surface area contributed by atoms with E-state index in [0.29, 0.717) is 5.02 Å². The number of benzene rings is 1. The summed E-state index contributed by atoms with van der Waals surface area (Å²) >= 11 is 5.75. The molecule has 0 aromatic heterocycles. The Morgan fingerprint density at radius 1 is 1.39 bits per heavy atom. The molecular formula is C12H15ClN2O2S. The summed E-state index contributed by atoms with van der Waals surface area (Å²) in [5, 5.41) is 9.36. The topological polar surface area (TPSA) is 70.0 Å². The zero-order valence-corrected chi connectivity index (χ0v) is 12.0. The Kier molecular flexibility index (Phi) is 4.38. The Morgan fingerprint density at radius 3 is 2.44 bits per heavy atom. The van der Waals surface area contributed by atoms with Crippen LogP contribution in [0, 0.1) is 16.7 Å². The molecule has 0 bridgehead atoms. The van der Waals surface area contributed by atoms with Crippen molar-refractivity contribution in [3.05, 3.63) is 29.3 Å². The minimum absolute atomic E-state index is 0.0551. The highest BCUT2D eigenvalue weighted by molar-refractivity contribution is 7.89. The van der Waals surface area contributed by atoms with Gasteiger partial charge in [0.2, 0.25) is 10.0 Å². The van der Waals surface area contributed by atoms with Crippen LogP contribution in [0.25, 0.3) is 0 Å². The van der Waals surface area contributed by atoms with Crippen LogP contribution in [0.15, 0.2) is 29.2 Å². The smallest absolute Gasteiger partial charge is 0.207 e. The van der Waals surface area contributed by atoms with Gasteiger partial charge in [0, 0.05) is 5.02 Å². The Balaban J connectivity index is 3.07. The molecule has 0 saturated carbocycles. The van der Waals surface area contributed by atoms with Crippen LogP contribution >= 0.6 is 11.6 Å². The number of hydrogen-bond acceptors (Lipinski definition) is 3. The van der Waals surface area contributed by atoms with E-state index in [0.717, 1.165) is 0 Å². The Labute approximate surface area is 113 Å². The van der Waals surface area contributed by atoms with Crippen molar-refractivity contribution >= 4 is 21.6 Å². The first-order valence-corrected chi connectivity index (χ1v) is 7.20. The molecule has 0 aliphatic rings. The molecule has 0 aliphatic carbocycles. The summed E-state index contributed by atoms with van der Waals surface area (Å²) < 4.78 is 26.5. The van der Waals surface area contributed by atoms with Crippen molar-refractivity contribution in [3.63, 3.8) is 0 Å². The molecule has 0 spiro atoms. The van der Waals surface area contributed by atoms with E-state index in [1.165, 1.54) is 12.1 Å². The first-order valence-electron chi connectivity index (χ1n) is 5.34. The molecule has 1 rings (SSSR count). The molecule has 0 saturated heterocycles. The lowest BCUT2D eigenvalue weighted by Crippen LogP contribution is -2.42. The summed E-state index contributed by atoms with van der Waals surface area (Å²) in [6.45, 7) is 5.38. The number of nitrogens with zero attached hydrogens (tertiary/aromatic N) is 1. The molecular weight excluding hydrogens is 272 g/mol. The number of hydrogen-bond donors (Lipinski definition) is 1. The Bertz CT molecular complexity index is 570. The van der Waals surface area contributed by atoms with Crippen molar-refractivity contribution in [2.45, 2.75) is 31.7 Å². The molecule has 98 valence electrons. The van der Waals surface area contributed by atoms with Gasteiger partial charge in [-0.3, -0.25) is 0 Å². The quantitative estimate of drug-likeness (QED) is 0.928. The zero-order valence-electron chi connectivity index (χ0n) is 10.4. The van der Waals surface area contributed by atoms with Gasteiger partial charge in [0.1, 0.15) is 6.04 Å². The van der Waals surface area contributed by atoms with Gasteiger partial charge in [-0.1, -0.05) is 38.4 Å². The predicted octanol–water partition coefficient (Wildman–Crippen LogP) is 2.56. The second-order valence-electron chi connectivity index (χ2n) is 5.01. The van der Waals surface area contributed by atoms with Gasteiger partial charge >= 0.3 is 0 Å². The number of nitrogens with one attached hydrogen (secondary N) is 1. The summed E-state index contributed by atoms with van der Waals surface area (Å²) in [4.78, 5) is 0.0551. The molecule has 0 aliphatic heterocycles. The normalized spacial score (nSPS) is 13.9. The largest absolute Gasteiger partial charge is 0.241 e. The number of nitriles is 1. The van der Waals surface area contributed by atoms with E-state index in [-0.39, 0.29) is 4.90 Å². The molecule has 1 atom stereocenters. The van der Waals surface area contributed by atoms with Gasteiger partial charge in [-0.25, -0.2) is 8.42 Å². The number of halogens is 1. The van der Waals surface area contributed by atoms with Gasteiger partial charge in [-0.2, -0.15) is 9.98 Å². The van der Waals surface area contributed by atoms with Gasteiger partial charge in [0.05, 0.1) is 11.0 Å². The molecule has 1 unspecified atom stereocenters. The second-order valence-corrected chi connectivity index (χ2v) is 7.16. The maximum Gasteiger partial charge on any atom is 0.241 e. The summed E-state index contributed by atoms with van der Waals surface area (Å²) in [6.07, 6.45) is 0. The third-order valence-corrected chi connectivity index (χ3v) is 4.03. The summed E-state index contributed by atoms with van der Waals surface area (Å²) in [5.41, 5.74) is -0.486. The molecule has 6 heteroatoms. The van der Waals surface area contributed by atoms with Crippen LogP contribution in [-0.2, 0) is 10.0 Å². The van der Waals surface area contributed by atoms with Crippen LogP contribution in [0.4, 0.5) is 0 Å². The lowest BCUT2D eigenvalue weighted by Gasteiger charge is -2.25. The lowest BCUT2D eigenvalue weighted by molar-refractivity contribution is 0.350. The van der Waals surface area contributed by atoms with Crippen LogP contribution in [-0.4, -0.2) is 14.5 Å². The van der Waals surface area contributed by atoms with Crippen molar-refractivity contribution in [3.8, 4) is 6.07 Å². The van der Waals surface area contributed by atoms with Crippen molar-refractivity contribution in [1.82, 2.24) is 4.72 Å². The van der Waals surface area contributed by atoms with Gasteiger partial charge in [0.15, 0.2) is 0 Å². The fourth-order valence-electron chi connectivity index (χ4n) is 1.25. The van der Waals surface area contributed by atoms with Crippen LogP contribution in [0.5, 0.6) is 0 Å².